The molecule has 1 aromatic heterocycles. The Morgan fingerprint density at radius 1 is 1.46 bits per heavy atom. The van der Waals surface area contributed by atoms with Crippen molar-refractivity contribution in [3.8, 4) is 0 Å². The number of rotatable bonds is 0. The molecule has 0 aliphatic heterocycles. The summed E-state index contributed by atoms with van der Waals surface area (Å²) in [4.78, 5) is 13.4. The predicted octanol–water partition coefficient (Wildman–Crippen LogP) is 0.815. The summed E-state index contributed by atoms with van der Waals surface area (Å²) < 4.78 is 0.500. The lowest BCUT2D eigenvalue weighted by atomic mass is 10.3. The number of hydrogen-bond acceptors (Lipinski definition) is 2. The summed E-state index contributed by atoms with van der Waals surface area (Å²) in [6.45, 7) is 0. The minimum Gasteiger partial charge on any atom is -0.618 e. The van der Waals surface area contributed by atoms with Gasteiger partial charge in [0, 0.05) is 11.1 Å². The first-order valence-corrected chi connectivity index (χ1v) is 3.96. The molecule has 4 nitrogen and oxygen atoms in total. The molecule has 0 saturated heterocycles. The molecule has 0 saturated carbocycles. The molecule has 1 aromatic carbocycles. The van der Waals surface area contributed by atoms with E-state index < -0.39 is 5.56 Å². The van der Waals surface area contributed by atoms with Crippen LogP contribution in [0.3, 0.4) is 0 Å². The monoisotopic (exact) mass is 196 g/mol. The average Bonchev–Trinajstić information content (AvgIpc) is 2.06. The number of nitrogens with zero attached hydrogens (tertiary/aromatic N) is 1. The standard InChI is InChI=1S/C8H5ClN2O2/c9-5-1-2-6-7(3-5)11(13)4-8(12)10-6/h1-4H,(H,10,12). The lowest BCUT2D eigenvalue weighted by Crippen LogP contribution is -2.32. The molecular weight excluding hydrogens is 192 g/mol. The van der Waals surface area contributed by atoms with Crippen molar-refractivity contribution in [3.05, 3.63) is 45.0 Å². The third-order valence-corrected chi connectivity index (χ3v) is 1.92. The molecule has 13 heavy (non-hydrogen) atoms. The van der Waals surface area contributed by atoms with Gasteiger partial charge in [-0.05, 0) is 12.1 Å². The Kier molecular flexibility index (Phi) is 1.70. The Labute approximate surface area is 78.0 Å². The summed E-state index contributed by atoms with van der Waals surface area (Å²) >= 11 is 5.69. The molecule has 1 N–H and O–H groups in total. The Morgan fingerprint density at radius 2 is 2.23 bits per heavy atom. The molecule has 0 radical (unpaired) electrons. The molecule has 0 amide bonds. The molecule has 2 rings (SSSR count). The van der Waals surface area contributed by atoms with Crippen molar-refractivity contribution in [1.82, 2.24) is 4.98 Å². The maximum Gasteiger partial charge on any atom is 0.314 e. The van der Waals surface area contributed by atoms with E-state index in [4.69, 9.17) is 11.6 Å². The van der Waals surface area contributed by atoms with Crippen LogP contribution in [0.15, 0.2) is 29.2 Å². The summed E-state index contributed by atoms with van der Waals surface area (Å²) in [6, 6.07) is 4.70. The third kappa shape index (κ3) is 1.36. The summed E-state index contributed by atoms with van der Waals surface area (Å²) in [5, 5.41) is 11.7. The Morgan fingerprint density at radius 3 is 3.00 bits per heavy atom. The van der Waals surface area contributed by atoms with E-state index >= 15 is 0 Å². The zero-order valence-corrected chi connectivity index (χ0v) is 7.21. The molecule has 0 aliphatic rings. The first kappa shape index (κ1) is 8.07. The smallest absolute Gasteiger partial charge is 0.314 e. The molecule has 0 aliphatic carbocycles. The van der Waals surface area contributed by atoms with Gasteiger partial charge >= 0.3 is 5.56 Å². The second-order valence-corrected chi connectivity index (χ2v) is 3.04. The Bertz CT molecular complexity index is 521. The van der Waals surface area contributed by atoms with Crippen LogP contribution in [0.2, 0.25) is 5.02 Å². The summed E-state index contributed by atoms with van der Waals surface area (Å²) in [5.41, 5.74) is 0.406. The molecule has 0 bridgehead atoms. The van der Waals surface area contributed by atoms with Crippen LogP contribution in [0.5, 0.6) is 0 Å². The number of hydrogen-bond donors (Lipinski definition) is 1. The summed E-state index contributed by atoms with van der Waals surface area (Å²) in [7, 11) is 0. The fourth-order valence-corrected chi connectivity index (χ4v) is 1.30. The largest absolute Gasteiger partial charge is 0.618 e. The van der Waals surface area contributed by atoms with E-state index in [-0.39, 0.29) is 0 Å². The van der Waals surface area contributed by atoms with Crippen LogP contribution >= 0.6 is 11.6 Å². The fourth-order valence-electron chi connectivity index (χ4n) is 1.13. The van der Waals surface area contributed by atoms with Crippen molar-refractivity contribution >= 4 is 22.6 Å². The third-order valence-electron chi connectivity index (χ3n) is 1.69. The van der Waals surface area contributed by atoms with E-state index in [1.54, 1.807) is 12.1 Å². The maximum atomic E-state index is 11.2. The highest BCUT2D eigenvalue weighted by atomic mass is 35.5. The van der Waals surface area contributed by atoms with E-state index in [0.29, 0.717) is 20.8 Å². The lowest BCUT2D eigenvalue weighted by molar-refractivity contribution is -0.578. The number of fused-ring (bicyclic) bond motifs is 1. The van der Waals surface area contributed by atoms with E-state index in [2.05, 4.69) is 4.98 Å². The van der Waals surface area contributed by atoms with Crippen LogP contribution in [-0.2, 0) is 0 Å². The second kappa shape index (κ2) is 2.74. The van der Waals surface area contributed by atoms with Crippen LogP contribution in [0.4, 0.5) is 0 Å². The average molecular weight is 197 g/mol. The molecule has 0 unspecified atom stereocenters. The van der Waals surface area contributed by atoms with Crippen molar-refractivity contribution in [2.45, 2.75) is 0 Å². The number of H-pyrrole nitrogens is 1. The highest BCUT2D eigenvalue weighted by molar-refractivity contribution is 6.31. The zero-order chi connectivity index (χ0) is 9.42. The zero-order valence-electron chi connectivity index (χ0n) is 6.45. The van der Waals surface area contributed by atoms with Crippen molar-refractivity contribution in [2.24, 2.45) is 0 Å². The van der Waals surface area contributed by atoms with E-state index in [0.717, 1.165) is 6.20 Å². The van der Waals surface area contributed by atoms with E-state index in [1.165, 1.54) is 6.07 Å². The SMILES string of the molecule is O=c1c[n+]([O-])c2cc(Cl)ccc2[nH]1. The van der Waals surface area contributed by atoms with Crippen molar-refractivity contribution in [3.63, 3.8) is 0 Å². The van der Waals surface area contributed by atoms with Crippen LogP contribution in [-0.4, -0.2) is 4.98 Å². The number of aromatic nitrogens is 2. The molecular formula is C8H5ClN2O2. The van der Waals surface area contributed by atoms with Gasteiger partial charge in [0.05, 0.1) is 0 Å². The minimum atomic E-state index is -0.426. The van der Waals surface area contributed by atoms with Gasteiger partial charge in [0.1, 0.15) is 5.52 Å². The molecule has 5 heteroatoms. The number of benzene rings is 1. The van der Waals surface area contributed by atoms with Crippen molar-refractivity contribution in [2.75, 3.05) is 0 Å². The predicted molar refractivity (Wildman–Crippen MR) is 48.5 cm³/mol. The summed E-state index contributed by atoms with van der Waals surface area (Å²) in [5.74, 6) is 0. The van der Waals surface area contributed by atoms with E-state index in [1.807, 2.05) is 0 Å². The molecule has 0 fully saturated rings. The van der Waals surface area contributed by atoms with Crippen LogP contribution in [0, 0.1) is 5.21 Å². The van der Waals surface area contributed by atoms with Gasteiger partial charge in [-0.15, -0.1) is 0 Å². The van der Waals surface area contributed by atoms with Gasteiger partial charge in [-0.25, -0.2) is 0 Å². The summed E-state index contributed by atoms with van der Waals surface area (Å²) in [6.07, 6.45) is 0.929. The first-order valence-electron chi connectivity index (χ1n) is 3.58. The van der Waals surface area contributed by atoms with Gasteiger partial charge in [0.15, 0.2) is 0 Å². The molecule has 66 valence electrons. The molecule has 0 spiro atoms. The second-order valence-electron chi connectivity index (χ2n) is 2.61. The number of nitrogens with one attached hydrogen (secondary N) is 1. The quantitative estimate of drug-likeness (QED) is 0.501. The van der Waals surface area contributed by atoms with Gasteiger partial charge in [0.2, 0.25) is 11.7 Å². The van der Waals surface area contributed by atoms with Gasteiger partial charge in [-0.3, -0.25) is 4.79 Å². The molecule has 1 heterocycles. The van der Waals surface area contributed by atoms with Gasteiger partial charge in [-0.1, -0.05) is 11.6 Å². The number of halogens is 1. The first-order chi connectivity index (χ1) is 6.16. The van der Waals surface area contributed by atoms with Gasteiger partial charge in [-0.2, -0.15) is 4.73 Å². The Hall–Kier alpha value is -1.55. The highest BCUT2D eigenvalue weighted by Gasteiger charge is 2.05. The number of aromatic amines is 1. The molecule has 2 aromatic rings. The highest BCUT2D eigenvalue weighted by Crippen LogP contribution is 2.12. The molecule has 0 atom stereocenters. The fraction of sp³-hybridized carbons (Fsp3) is 0. The normalized spacial score (nSPS) is 10.5. The topological polar surface area (TPSA) is 59.8 Å². The Balaban J connectivity index is 2.95. The minimum absolute atomic E-state index is 0.354. The van der Waals surface area contributed by atoms with Crippen molar-refractivity contribution < 1.29 is 4.73 Å². The van der Waals surface area contributed by atoms with Gasteiger partial charge in [0.25, 0.3) is 0 Å². The van der Waals surface area contributed by atoms with E-state index in [9.17, 15) is 10.0 Å². The van der Waals surface area contributed by atoms with Gasteiger partial charge < -0.3 is 10.2 Å². The van der Waals surface area contributed by atoms with Crippen LogP contribution in [0.1, 0.15) is 0 Å². The maximum absolute atomic E-state index is 11.2. The van der Waals surface area contributed by atoms with Crippen LogP contribution < -0.4 is 10.3 Å². The van der Waals surface area contributed by atoms with Crippen molar-refractivity contribution in [1.29, 1.82) is 0 Å². The lowest BCUT2D eigenvalue weighted by Gasteiger charge is -1.99. The van der Waals surface area contributed by atoms with Crippen LogP contribution in [0.25, 0.3) is 11.0 Å².